The zero-order valence-corrected chi connectivity index (χ0v) is 10.5. The molecule has 0 saturated heterocycles. The summed E-state index contributed by atoms with van der Waals surface area (Å²) in [5.74, 6) is -0.0243. The summed E-state index contributed by atoms with van der Waals surface area (Å²) in [4.78, 5) is 27.0. The van der Waals surface area contributed by atoms with Gasteiger partial charge in [0, 0.05) is 5.82 Å². The number of H-pyrrole nitrogens is 1. The van der Waals surface area contributed by atoms with Crippen LogP contribution in [-0.4, -0.2) is 16.3 Å². The van der Waals surface area contributed by atoms with Gasteiger partial charge < -0.3 is 15.3 Å². The number of nitrogens with zero attached hydrogens (tertiary/aromatic N) is 2. The van der Waals surface area contributed by atoms with Crippen LogP contribution in [-0.2, 0) is 7.05 Å². The van der Waals surface area contributed by atoms with Gasteiger partial charge in [-0.2, -0.15) is 6.72 Å². The molecule has 7 heteroatoms. The first-order valence-electron chi connectivity index (χ1n) is 3.07. The molecule has 13 heavy (non-hydrogen) atoms. The Morgan fingerprint density at radius 1 is 1.54 bits per heavy atom. The van der Waals surface area contributed by atoms with Crippen molar-refractivity contribution >= 4 is 18.2 Å². The van der Waals surface area contributed by atoms with Crippen molar-refractivity contribution in [1.29, 1.82) is 0 Å². The maximum absolute atomic E-state index is 10.9. The van der Waals surface area contributed by atoms with Crippen LogP contribution >= 0.6 is 0 Å². The first kappa shape index (κ1) is 12.8. The van der Waals surface area contributed by atoms with Crippen LogP contribution in [0.4, 0.5) is 11.5 Å². The number of nitrogen functional groups attached to an aromatic ring is 1. The molecule has 0 aliphatic carbocycles. The van der Waals surface area contributed by atoms with Crippen molar-refractivity contribution in [3.63, 3.8) is 0 Å². The first-order valence-corrected chi connectivity index (χ1v) is 3.07. The Labute approximate surface area is 116 Å². The molecule has 0 saturated carbocycles. The van der Waals surface area contributed by atoms with E-state index in [0.717, 1.165) is 4.57 Å². The summed E-state index contributed by atoms with van der Waals surface area (Å²) in [6.45, 7) is 4.92. The molecule has 0 fully saturated rings. The predicted molar refractivity (Wildman–Crippen MR) is 44.9 cm³/mol. The molecule has 6 nitrogen and oxygen atoms in total. The van der Waals surface area contributed by atoms with Crippen LogP contribution in [0.15, 0.2) is 14.6 Å². The smallest absolute Gasteiger partial charge is 0.443 e. The van der Waals surface area contributed by atoms with Gasteiger partial charge in [0.05, 0.1) is 5.69 Å². The van der Waals surface area contributed by atoms with E-state index < -0.39 is 11.2 Å². The Bertz CT molecular complexity index is 399. The summed E-state index contributed by atoms with van der Waals surface area (Å²) in [6, 6.07) is 0. The zero-order valence-electron chi connectivity index (χ0n) is 7.37. The summed E-state index contributed by atoms with van der Waals surface area (Å²) < 4.78 is 1.05. The van der Waals surface area contributed by atoms with Crippen molar-refractivity contribution in [1.82, 2.24) is 9.55 Å². The minimum Gasteiger partial charge on any atom is -0.443 e. The monoisotopic (exact) mass is 206 g/mol. The van der Waals surface area contributed by atoms with E-state index in [-0.39, 0.29) is 62.9 Å². The quantitative estimate of drug-likeness (QED) is 0.278. The molecule has 3 N–H and O–H groups in total. The van der Waals surface area contributed by atoms with E-state index in [1.165, 1.54) is 7.05 Å². The van der Waals surface area contributed by atoms with Crippen molar-refractivity contribution in [2.24, 2.45) is 12.0 Å². The number of anilines is 1. The van der Waals surface area contributed by atoms with Gasteiger partial charge in [0.25, 0.3) is 5.56 Å². The van der Waals surface area contributed by atoms with Gasteiger partial charge in [-0.25, -0.2) is 4.79 Å². The molecule has 1 heterocycles. The van der Waals surface area contributed by atoms with Crippen LogP contribution in [0.1, 0.15) is 0 Å². The third kappa shape index (κ3) is 2.38. The maximum Gasteiger partial charge on any atom is 1.00 e. The fraction of sp³-hybridized carbons (Fsp3) is 0.167. The van der Waals surface area contributed by atoms with Crippen LogP contribution in [0.2, 0.25) is 0 Å². The Hall–Kier alpha value is -0.214. The molecule has 0 bridgehead atoms. The largest absolute Gasteiger partial charge is 1.00 e. The van der Waals surface area contributed by atoms with Gasteiger partial charge in [-0.15, -0.1) is 0 Å². The number of aromatic nitrogens is 2. The Morgan fingerprint density at radius 3 is 2.54 bits per heavy atom. The van der Waals surface area contributed by atoms with Gasteiger partial charge >= 0.3 is 57.1 Å². The molecule has 0 aliphatic rings. The summed E-state index contributed by atoms with van der Waals surface area (Å²) >= 11 is 0. The van der Waals surface area contributed by atoms with Gasteiger partial charge in [0.2, 0.25) is 0 Å². The average molecular weight is 206 g/mol. The molecule has 1 aromatic rings. The molecule has 0 amide bonds. The van der Waals surface area contributed by atoms with Crippen molar-refractivity contribution in [2.45, 2.75) is 0 Å². The normalized spacial score (nSPS) is 9.00. The summed E-state index contributed by atoms with van der Waals surface area (Å²) in [5, 5.41) is 0. The van der Waals surface area contributed by atoms with E-state index in [0.29, 0.717) is 0 Å². The summed E-state index contributed by atoms with van der Waals surface area (Å²) in [5.41, 5.74) is 3.84. The van der Waals surface area contributed by atoms with Crippen molar-refractivity contribution < 1.29 is 51.4 Å². The maximum atomic E-state index is 10.9. The van der Waals surface area contributed by atoms with Crippen LogP contribution in [0.25, 0.3) is 0 Å². The van der Waals surface area contributed by atoms with E-state index in [1.807, 2.05) is 4.98 Å². The van der Waals surface area contributed by atoms with E-state index in [4.69, 9.17) is 12.5 Å². The van der Waals surface area contributed by atoms with Crippen molar-refractivity contribution in [2.75, 3.05) is 5.73 Å². The molecule has 0 atom stereocenters. The number of rotatable bonds is 1. The van der Waals surface area contributed by atoms with E-state index >= 15 is 0 Å². The van der Waals surface area contributed by atoms with Crippen LogP contribution in [0, 0.1) is 0 Å². The topological polar surface area (TPSA) is 93.2 Å². The van der Waals surface area contributed by atoms with Gasteiger partial charge in [-0.1, -0.05) is 0 Å². The molecule has 0 aliphatic heterocycles. The molecule has 0 radical (unpaired) electrons. The molecule has 1 rings (SSSR count). The fourth-order valence-corrected chi connectivity index (χ4v) is 0.783. The standard InChI is InChI=1S/C6H7N4O2.K/c1-8-4-3(7)5(11)9-6(12)10(4)2;/h1H,7H2,2H3,(H,9,11,12);/q-1;+1. The molecular weight excluding hydrogens is 199 g/mol. The molecule has 0 unspecified atom stereocenters. The summed E-state index contributed by atoms with van der Waals surface area (Å²) in [7, 11) is 1.40. The number of nitrogens with one attached hydrogen (secondary N) is 1. The third-order valence-electron chi connectivity index (χ3n) is 1.45. The van der Waals surface area contributed by atoms with Crippen molar-refractivity contribution in [3.05, 3.63) is 20.8 Å². The second-order valence-electron chi connectivity index (χ2n) is 2.18. The summed E-state index contributed by atoms with van der Waals surface area (Å²) in [6.07, 6.45) is 0. The molecular formula is C6H7KN4O2. The third-order valence-corrected chi connectivity index (χ3v) is 1.45. The zero-order chi connectivity index (χ0) is 9.30. The van der Waals surface area contributed by atoms with Crippen LogP contribution in [0.5, 0.6) is 0 Å². The van der Waals surface area contributed by atoms with Gasteiger partial charge in [-0.3, -0.25) is 9.78 Å². The molecule has 64 valence electrons. The van der Waals surface area contributed by atoms with E-state index in [9.17, 15) is 9.59 Å². The molecule has 0 aromatic carbocycles. The second-order valence-corrected chi connectivity index (χ2v) is 2.18. The van der Waals surface area contributed by atoms with Crippen molar-refractivity contribution in [3.8, 4) is 0 Å². The molecule has 1 aromatic heterocycles. The Balaban J connectivity index is 0.00000144. The minimum absolute atomic E-state index is 0. The van der Waals surface area contributed by atoms with Crippen LogP contribution in [0.3, 0.4) is 0 Å². The number of aliphatic imine (C=N–C) groups is 1. The Morgan fingerprint density at radius 2 is 2.08 bits per heavy atom. The first-order chi connectivity index (χ1) is 5.57. The van der Waals surface area contributed by atoms with E-state index in [2.05, 4.69) is 4.99 Å². The second kappa shape index (κ2) is 4.87. The van der Waals surface area contributed by atoms with Gasteiger partial charge in [-0.05, 0) is 7.05 Å². The number of nitrogens with two attached hydrogens (primary N) is 1. The SMILES string of the molecule is [CH-]=Nc1c(N)c(=O)[nH]c(=O)n1C.[K+]. The fourth-order valence-electron chi connectivity index (χ4n) is 0.783. The van der Waals surface area contributed by atoms with E-state index in [1.54, 1.807) is 0 Å². The Kier molecular flexibility index (Phi) is 4.79. The number of hydrogen-bond acceptors (Lipinski definition) is 4. The average Bonchev–Trinajstić information content (AvgIpc) is 2.02. The predicted octanol–water partition coefficient (Wildman–Crippen LogP) is -4.13. The van der Waals surface area contributed by atoms with Gasteiger partial charge in [0.15, 0.2) is 0 Å². The molecule has 0 spiro atoms. The number of hydrogen-bond donors (Lipinski definition) is 2. The minimum atomic E-state index is -0.678. The van der Waals surface area contributed by atoms with Crippen LogP contribution < -0.4 is 68.4 Å². The number of aromatic amines is 1. The van der Waals surface area contributed by atoms with Gasteiger partial charge in [0.1, 0.15) is 0 Å².